The number of rotatable bonds is 6. The number of para-hydroxylation sites is 1. The van der Waals surface area contributed by atoms with E-state index < -0.39 is 0 Å². The number of nitrogens with one attached hydrogen (secondary N) is 1. The van der Waals surface area contributed by atoms with Crippen molar-refractivity contribution in [3.8, 4) is 17.2 Å². The average molecular weight is 341 g/mol. The van der Waals surface area contributed by atoms with Crippen LogP contribution in [0.25, 0.3) is 0 Å². The molecule has 0 unspecified atom stereocenters. The third kappa shape index (κ3) is 4.24. The number of benzene rings is 2. The molecule has 1 heterocycles. The summed E-state index contributed by atoms with van der Waals surface area (Å²) in [7, 11) is 1.64. The lowest BCUT2D eigenvalue weighted by Gasteiger charge is -2.20. The van der Waals surface area contributed by atoms with E-state index in [9.17, 15) is 4.79 Å². The summed E-state index contributed by atoms with van der Waals surface area (Å²) in [5, 5.41) is 2.98. The molecule has 5 heteroatoms. The van der Waals surface area contributed by atoms with Crippen LogP contribution in [-0.4, -0.2) is 26.2 Å². The Labute approximate surface area is 147 Å². The fourth-order valence-electron chi connectivity index (χ4n) is 2.86. The molecule has 1 amide bonds. The van der Waals surface area contributed by atoms with Gasteiger partial charge < -0.3 is 19.5 Å². The highest BCUT2D eigenvalue weighted by molar-refractivity contribution is 5.76. The second-order valence-electron chi connectivity index (χ2n) is 6.01. The number of carbonyl (C=O) groups excluding carboxylic acids is 1. The van der Waals surface area contributed by atoms with Gasteiger partial charge in [0.15, 0.2) is 11.5 Å². The van der Waals surface area contributed by atoms with Crippen molar-refractivity contribution >= 4 is 5.91 Å². The van der Waals surface area contributed by atoms with Gasteiger partial charge in [0, 0.05) is 13.0 Å². The van der Waals surface area contributed by atoms with Gasteiger partial charge in [-0.1, -0.05) is 18.2 Å². The largest absolute Gasteiger partial charge is 0.496 e. The summed E-state index contributed by atoms with van der Waals surface area (Å²) >= 11 is 0. The van der Waals surface area contributed by atoms with Gasteiger partial charge in [0.25, 0.3) is 0 Å². The third-order valence-electron chi connectivity index (χ3n) is 4.29. The van der Waals surface area contributed by atoms with Gasteiger partial charge >= 0.3 is 0 Å². The lowest BCUT2D eigenvalue weighted by molar-refractivity contribution is -0.121. The molecule has 132 valence electrons. The Morgan fingerprint density at radius 3 is 2.60 bits per heavy atom. The molecule has 0 saturated heterocycles. The Hall–Kier alpha value is -2.69. The molecule has 2 aromatic carbocycles. The summed E-state index contributed by atoms with van der Waals surface area (Å²) in [4.78, 5) is 12.2. The van der Waals surface area contributed by atoms with E-state index >= 15 is 0 Å². The van der Waals surface area contributed by atoms with Crippen LogP contribution in [-0.2, 0) is 17.8 Å². The first-order chi connectivity index (χ1) is 12.2. The van der Waals surface area contributed by atoms with Crippen molar-refractivity contribution in [1.82, 2.24) is 5.32 Å². The molecule has 0 spiro atoms. The van der Waals surface area contributed by atoms with E-state index in [-0.39, 0.29) is 5.91 Å². The highest BCUT2D eigenvalue weighted by Crippen LogP contribution is 2.32. The standard InChI is InChI=1S/C20H23NO4/c1-14-11-18-19(25-10-9-24-18)12-16(14)13-21-20(22)8-7-15-5-3-4-6-17(15)23-2/h3-6,11-12H,7-10,13H2,1-2H3,(H,21,22). The Morgan fingerprint density at radius 2 is 1.84 bits per heavy atom. The molecule has 0 radical (unpaired) electrons. The minimum absolute atomic E-state index is 0.0141. The molecule has 5 nitrogen and oxygen atoms in total. The van der Waals surface area contributed by atoms with E-state index in [0.29, 0.717) is 32.6 Å². The molecule has 0 bridgehead atoms. The number of aryl methyl sites for hydroxylation is 2. The van der Waals surface area contributed by atoms with Gasteiger partial charge in [-0.15, -0.1) is 0 Å². The minimum atomic E-state index is 0.0141. The Balaban J connectivity index is 1.55. The first-order valence-electron chi connectivity index (χ1n) is 8.45. The summed E-state index contributed by atoms with van der Waals surface area (Å²) in [5.74, 6) is 2.35. The van der Waals surface area contributed by atoms with Crippen LogP contribution in [0.1, 0.15) is 23.1 Å². The maximum Gasteiger partial charge on any atom is 0.220 e. The molecule has 0 fully saturated rings. The van der Waals surface area contributed by atoms with Gasteiger partial charge in [-0.05, 0) is 48.2 Å². The maximum absolute atomic E-state index is 12.2. The average Bonchev–Trinajstić information content (AvgIpc) is 2.64. The van der Waals surface area contributed by atoms with Crippen LogP contribution in [0.2, 0.25) is 0 Å². The maximum atomic E-state index is 12.2. The molecule has 25 heavy (non-hydrogen) atoms. The highest BCUT2D eigenvalue weighted by Gasteiger charge is 2.14. The van der Waals surface area contributed by atoms with Gasteiger partial charge in [-0.2, -0.15) is 0 Å². The van der Waals surface area contributed by atoms with Crippen molar-refractivity contribution < 1.29 is 19.0 Å². The Bertz CT molecular complexity index is 757. The first-order valence-corrected chi connectivity index (χ1v) is 8.45. The molecule has 3 rings (SSSR count). The molecular formula is C20H23NO4. The highest BCUT2D eigenvalue weighted by atomic mass is 16.6. The fourth-order valence-corrected chi connectivity index (χ4v) is 2.86. The fraction of sp³-hybridized carbons (Fsp3) is 0.350. The number of hydrogen-bond donors (Lipinski definition) is 1. The molecular weight excluding hydrogens is 318 g/mol. The van der Waals surface area contributed by atoms with Gasteiger partial charge in [-0.25, -0.2) is 0 Å². The molecule has 0 saturated carbocycles. The van der Waals surface area contributed by atoms with E-state index in [1.807, 2.05) is 43.3 Å². The second kappa shape index (κ2) is 7.92. The van der Waals surface area contributed by atoms with Gasteiger partial charge in [-0.3, -0.25) is 4.79 Å². The molecule has 0 atom stereocenters. The van der Waals surface area contributed by atoms with Crippen molar-refractivity contribution in [3.63, 3.8) is 0 Å². The summed E-state index contributed by atoms with van der Waals surface area (Å²) in [6.07, 6.45) is 1.07. The predicted molar refractivity (Wildman–Crippen MR) is 95.3 cm³/mol. The van der Waals surface area contributed by atoms with Gasteiger partial charge in [0.2, 0.25) is 5.91 Å². The Morgan fingerprint density at radius 1 is 1.12 bits per heavy atom. The SMILES string of the molecule is COc1ccccc1CCC(=O)NCc1cc2c(cc1C)OCCO2. The predicted octanol–water partition coefficient (Wildman–Crippen LogP) is 3.02. The smallest absolute Gasteiger partial charge is 0.220 e. The van der Waals surface area contributed by atoms with E-state index in [1.54, 1.807) is 7.11 Å². The van der Waals surface area contributed by atoms with Crippen LogP contribution in [0.3, 0.4) is 0 Å². The summed E-state index contributed by atoms with van der Waals surface area (Å²) in [5.41, 5.74) is 3.15. The second-order valence-corrected chi connectivity index (χ2v) is 6.01. The van der Waals surface area contributed by atoms with Crippen LogP contribution >= 0.6 is 0 Å². The molecule has 2 aromatic rings. The first kappa shape index (κ1) is 17.1. The van der Waals surface area contributed by atoms with E-state index in [0.717, 1.165) is 33.9 Å². The van der Waals surface area contributed by atoms with Crippen LogP contribution in [0, 0.1) is 6.92 Å². The van der Waals surface area contributed by atoms with Crippen molar-refractivity contribution in [1.29, 1.82) is 0 Å². The zero-order valence-corrected chi connectivity index (χ0v) is 14.6. The monoisotopic (exact) mass is 341 g/mol. The zero-order chi connectivity index (χ0) is 17.6. The molecule has 1 aliphatic heterocycles. The number of methoxy groups -OCH3 is 1. The number of carbonyl (C=O) groups is 1. The van der Waals surface area contributed by atoms with E-state index in [2.05, 4.69) is 5.32 Å². The van der Waals surface area contributed by atoms with Crippen molar-refractivity contribution in [2.75, 3.05) is 20.3 Å². The van der Waals surface area contributed by atoms with E-state index in [1.165, 1.54) is 0 Å². The van der Waals surface area contributed by atoms with Crippen LogP contribution in [0.4, 0.5) is 0 Å². The van der Waals surface area contributed by atoms with Crippen molar-refractivity contribution in [3.05, 3.63) is 53.1 Å². The van der Waals surface area contributed by atoms with E-state index in [4.69, 9.17) is 14.2 Å². The number of ether oxygens (including phenoxy) is 3. The Kier molecular flexibility index (Phi) is 5.43. The normalized spacial score (nSPS) is 12.6. The van der Waals surface area contributed by atoms with Crippen LogP contribution in [0.5, 0.6) is 17.2 Å². The number of fused-ring (bicyclic) bond motifs is 1. The van der Waals surface area contributed by atoms with Crippen LogP contribution < -0.4 is 19.5 Å². The topological polar surface area (TPSA) is 56.8 Å². The molecule has 0 aliphatic carbocycles. The molecule has 1 N–H and O–H groups in total. The molecule has 0 aromatic heterocycles. The lowest BCUT2D eigenvalue weighted by atomic mass is 10.1. The van der Waals surface area contributed by atoms with Crippen LogP contribution in [0.15, 0.2) is 36.4 Å². The summed E-state index contributed by atoms with van der Waals surface area (Å²) in [6, 6.07) is 11.7. The molecule has 1 aliphatic rings. The summed E-state index contributed by atoms with van der Waals surface area (Å²) in [6.45, 7) is 3.62. The quantitative estimate of drug-likeness (QED) is 0.877. The number of hydrogen-bond acceptors (Lipinski definition) is 4. The number of amides is 1. The van der Waals surface area contributed by atoms with Crippen molar-refractivity contribution in [2.45, 2.75) is 26.3 Å². The lowest BCUT2D eigenvalue weighted by Crippen LogP contribution is -2.24. The third-order valence-corrected chi connectivity index (χ3v) is 4.29. The van der Waals surface area contributed by atoms with Gasteiger partial charge in [0.05, 0.1) is 7.11 Å². The van der Waals surface area contributed by atoms with Gasteiger partial charge in [0.1, 0.15) is 19.0 Å². The van der Waals surface area contributed by atoms with Crippen molar-refractivity contribution in [2.24, 2.45) is 0 Å². The summed E-state index contributed by atoms with van der Waals surface area (Å²) < 4.78 is 16.5. The zero-order valence-electron chi connectivity index (χ0n) is 14.6. The minimum Gasteiger partial charge on any atom is -0.496 e.